The van der Waals surface area contributed by atoms with Crippen LogP contribution in [-0.2, 0) is 0 Å². The second-order valence-corrected chi connectivity index (χ2v) is 6.84. The minimum Gasteiger partial charge on any atom is -0.337 e. The summed E-state index contributed by atoms with van der Waals surface area (Å²) in [6.07, 6.45) is 5.56. The predicted molar refractivity (Wildman–Crippen MR) is 100 cm³/mol. The highest BCUT2D eigenvalue weighted by Crippen LogP contribution is 2.24. The summed E-state index contributed by atoms with van der Waals surface area (Å²) in [5.41, 5.74) is 2.72. The number of nitrogens with zero attached hydrogens (tertiary/aromatic N) is 4. The van der Waals surface area contributed by atoms with Gasteiger partial charge in [-0.25, -0.2) is 9.97 Å². The van der Waals surface area contributed by atoms with Crippen molar-refractivity contribution >= 4 is 17.4 Å². The van der Waals surface area contributed by atoms with E-state index in [1.807, 2.05) is 11.0 Å². The van der Waals surface area contributed by atoms with Gasteiger partial charge in [-0.1, -0.05) is 19.1 Å². The van der Waals surface area contributed by atoms with Crippen molar-refractivity contribution < 1.29 is 4.79 Å². The largest absolute Gasteiger partial charge is 0.337 e. The van der Waals surface area contributed by atoms with Crippen LogP contribution in [-0.4, -0.2) is 40.4 Å². The molecule has 0 bridgehead atoms. The zero-order valence-corrected chi connectivity index (χ0v) is 15.3. The molecule has 1 saturated heterocycles. The van der Waals surface area contributed by atoms with Gasteiger partial charge in [0, 0.05) is 25.3 Å². The first-order chi connectivity index (χ1) is 12.1. The van der Waals surface area contributed by atoms with Gasteiger partial charge in [0.2, 0.25) is 0 Å². The van der Waals surface area contributed by atoms with Gasteiger partial charge >= 0.3 is 0 Å². The van der Waals surface area contributed by atoms with Crippen LogP contribution in [0.1, 0.15) is 42.7 Å². The Balaban J connectivity index is 1.78. The van der Waals surface area contributed by atoms with Crippen molar-refractivity contribution in [2.75, 3.05) is 24.5 Å². The zero-order chi connectivity index (χ0) is 17.8. The van der Waals surface area contributed by atoms with Gasteiger partial charge in [0.1, 0.15) is 5.69 Å². The summed E-state index contributed by atoms with van der Waals surface area (Å²) in [4.78, 5) is 25.5. The summed E-state index contributed by atoms with van der Waals surface area (Å²) < 4.78 is 0. The fourth-order valence-corrected chi connectivity index (χ4v) is 3.38. The van der Waals surface area contributed by atoms with Crippen LogP contribution < -0.4 is 4.90 Å². The third-order valence-electron chi connectivity index (χ3n) is 4.71. The van der Waals surface area contributed by atoms with E-state index in [9.17, 15) is 4.79 Å². The molecule has 2 heterocycles. The molecule has 1 aliphatic rings. The lowest BCUT2D eigenvalue weighted by Crippen LogP contribution is -2.39. The summed E-state index contributed by atoms with van der Waals surface area (Å²) >= 11 is 0. The van der Waals surface area contributed by atoms with Gasteiger partial charge in [-0.05, 0) is 50.3 Å². The number of amides is 1. The first-order valence-corrected chi connectivity index (χ1v) is 9.04. The number of benzene rings is 1. The van der Waals surface area contributed by atoms with Crippen molar-refractivity contribution in [3.63, 3.8) is 0 Å². The molecule has 25 heavy (non-hydrogen) atoms. The standard InChI is InChI=1S/C20H26N4O/c1-4-24(17-9-5-7-15(2)11-17)19-13-21-18(12-22-19)20(25)23-10-6-8-16(3)14-23/h5,7,9,11-13,16H,4,6,8,10,14H2,1-3H3. The molecule has 0 radical (unpaired) electrons. The zero-order valence-electron chi connectivity index (χ0n) is 15.3. The summed E-state index contributed by atoms with van der Waals surface area (Å²) in [7, 11) is 0. The van der Waals surface area contributed by atoms with Gasteiger partial charge in [-0.15, -0.1) is 0 Å². The second kappa shape index (κ2) is 7.64. The fraction of sp³-hybridized carbons (Fsp3) is 0.450. The second-order valence-electron chi connectivity index (χ2n) is 6.84. The van der Waals surface area contributed by atoms with Gasteiger partial charge in [0.25, 0.3) is 5.91 Å². The quantitative estimate of drug-likeness (QED) is 0.850. The molecule has 1 aromatic heterocycles. The van der Waals surface area contributed by atoms with Crippen LogP contribution in [0.3, 0.4) is 0 Å². The van der Waals surface area contributed by atoms with Gasteiger partial charge in [-0.3, -0.25) is 4.79 Å². The molecule has 0 spiro atoms. The van der Waals surface area contributed by atoms with Crippen molar-refractivity contribution in [3.8, 4) is 0 Å². The van der Waals surface area contributed by atoms with Crippen molar-refractivity contribution in [3.05, 3.63) is 47.9 Å². The predicted octanol–water partition coefficient (Wildman–Crippen LogP) is 3.82. The number of hydrogen-bond donors (Lipinski definition) is 0. The normalized spacial score (nSPS) is 17.4. The number of hydrogen-bond acceptors (Lipinski definition) is 4. The van der Waals surface area contributed by atoms with Crippen molar-refractivity contribution in [2.45, 2.75) is 33.6 Å². The molecule has 132 valence electrons. The average molecular weight is 338 g/mol. The Morgan fingerprint density at radius 3 is 2.80 bits per heavy atom. The number of piperidine rings is 1. The maximum atomic E-state index is 12.6. The van der Waals surface area contributed by atoms with Crippen molar-refractivity contribution in [1.29, 1.82) is 0 Å². The van der Waals surface area contributed by atoms with Crippen LogP contribution in [0.5, 0.6) is 0 Å². The molecule has 1 atom stereocenters. The molecule has 5 heteroatoms. The van der Waals surface area contributed by atoms with E-state index in [2.05, 4.69) is 53.8 Å². The molecule has 1 unspecified atom stereocenters. The maximum absolute atomic E-state index is 12.6. The van der Waals surface area contributed by atoms with E-state index in [-0.39, 0.29) is 5.91 Å². The Kier molecular flexibility index (Phi) is 5.31. The van der Waals surface area contributed by atoms with Crippen molar-refractivity contribution in [1.82, 2.24) is 14.9 Å². The van der Waals surface area contributed by atoms with E-state index < -0.39 is 0 Å². The van der Waals surface area contributed by atoms with Crippen LogP contribution >= 0.6 is 0 Å². The van der Waals surface area contributed by atoms with E-state index in [4.69, 9.17) is 0 Å². The van der Waals surface area contributed by atoms with E-state index in [0.717, 1.165) is 37.6 Å². The number of likely N-dealkylation sites (tertiary alicyclic amines) is 1. The topological polar surface area (TPSA) is 49.3 Å². The molecule has 1 aromatic carbocycles. The van der Waals surface area contributed by atoms with Gasteiger partial charge in [0.05, 0.1) is 12.4 Å². The molecule has 3 rings (SSSR count). The summed E-state index contributed by atoms with van der Waals surface area (Å²) in [6.45, 7) is 8.76. The molecule has 0 aliphatic carbocycles. The third-order valence-corrected chi connectivity index (χ3v) is 4.71. The van der Waals surface area contributed by atoms with E-state index >= 15 is 0 Å². The van der Waals surface area contributed by atoms with Gasteiger partial charge in [0.15, 0.2) is 5.82 Å². The van der Waals surface area contributed by atoms with E-state index in [1.165, 1.54) is 12.0 Å². The fourth-order valence-electron chi connectivity index (χ4n) is 3.38. The monoisotopic (exact) mass is 338 g/mol. The lowest BCUT2D eigenvalue weighted by molar-refractivity contribution is 0.0676. The Hall–Kier alpha value is -2.43. The van der Waals surface area contributed by atoms with Gasteiger partial charge in [-0.2, -0.15) is 0 Å². The number of aromatic nitrogens is 2. The van der Waals surface area contributed by atoms with E-state index in [0.29, 0.717) is 11.6 Å². The summed E-state index contributed by atoms with van der Waals surface area (Å²) in [6, 6.07) is 8.30. The Bertz CT molecular complexity index is 729. The third kappa shape index (κ3) is 3.98. The van der Waals surface area contributed by atoms with Crippen LogP contribution in [0.25, 0.3) is 0 Å². The first-order valence-electron chi connectivity index (χ1n) is 9.04. The summed E-state index contributed by atoms with van der Waals surface area (Å²) in [5, 5.41) is 0. The smallest absolute Gasteiger partial charge is 0.274 e. The number of anilines is 2. The van der Waals surface area contributed by atoms with Crippen LogP contribution in [0, 0.1) is 12.8 Å². The summed E-state index contributed by atoms with van der Waals surface area (Å²) in [5.74, 6) is 1.31. The Labute approximate surface area is 149 Å². The first kappa shape index (κ1) is 17.4. The molecule has 2 aromatic rings. The van der Waals surface area contributed by atoms with Crippen LogP contribution in [0.2, 0.25) is 0 Å². The highest BCUT2D eigenvalue weighted by molar-refractivity contribution is 5.92. The van der Waals surface area contributed by atoms with Crippen LogP contribution in [0.15, 0.2) is 36.7 Å². The Morgan fingerprint density at radius 2 is 2.16 bits per heavy atom. The number of carbonyl (C=O) groups excluding carboxylic acids is 1. The molecule has 1 amide bonds. The molecule has 1 fully saturated rings. The number of carbonyl (C=O) groups is 1. The van der Waals surface area contributed by atoms with Crippen LogP contribution in [0.4, 0.5) is 11.5 Å². The molecule has 0 N–H and O–H groups in total. The maximum Gasteiger partial charge on any atom is 0.274 e. The molecular formula is C20H26N4O. The lowest BCUT2D eigenvalue weighted by atomic mass is 10.0. The average Bonchev–Trinajstić information content (AvgIpc) is 2.62. The molecular weight excluding hydrogens is 312 g/mol. The van der Waals surface area contributed by atoms with Crippen molar-refractivity contribution in [2.24, 2.45) is 5.92 Å². The minimum atomic E-state index is -0.01000. The Morgan fingerprint density at radius 1 is 1.32 bits per heavy atom. The highest BCUT2D eigenvalue weighted by atomic mass is 16.2. The van der Waals surface area contributed by atoms with Gasteiger partial charge < -0.3 is 9.80 Å². The molecule has 0 saturated carbocycles. The SMILES string of the molecule is CCN(c1cccc(C)c1)c1cnc(C(=O)N2CCCC(C)C2)cn1. The lowest BCUT2D eigenvalue weighted by Gasteiger charge is -2.30. The van der Waals surface area contributed by atoms with E-state index in [1.54, 1.807) is 12.4 Å². The highest BCUT2D eigenvalue weighted by Gasteiger charge is 2.23. The molecule has 1 aliphatic heterocycles. The molecule has 5 nitrogen and oxygen atoms in total. The minimum absolute atomic E-state index is 0.01000. The number of aryl methyl sites for hydroxylation is 1. The number of rotatable bonds is 4.